The fourth-order valence-electron chi connectivity index (χ4n) is 0.402. The van der Waals surface area contributed by atoms with Crippen molar-refractivity contribution in [2.24, 2.45) is 0 Å². The van der Waals surface area contributed by atoms with Crippen LogP contribution < -0.4 is 4.98 Å². The Morgan fingerprint density at radius 3 is 3.00 bits per heavy atom. The van der Waals surface area contributed by atoms with Gasteiger partial charge in [0.2, 0.25) is 0 Å². The summed E-state index contributed by atoms with van der Waals surface area (Å²) in [5, 5.41) is 0. The number of H-pyrrole nitrogens is 1. The molecule has 8 heavy (non-hydrogen) atoms. The van der Waals surface area contributed by atoms with Gasteiger partial charge < -0.3 is 0 Å². The molecular formula is C5H5N2O+. The fourth-order valence-corrected chi connectivity index (χ4v) is 0.402. The van der Waals surface area contributed by atoms with Crippen LogP contribution in [-0.2, 0) is 0 Å². The maximum absolute atomic E-state index is 9.95. The van der Waals surface area contributed by atoms with E-state index in [1.54, 1.807) is 6.20 Å². The van der Waals surface area contributed by atoms with Gasteiger partial charge in [0.25, 0.3) is 6.33 Å². The molecule has 0 aliphatic rings. The van der Waals surface area contributed by atoms with Crippen LogP contribution in [0.2, 0.25) is 0 Å². The highest BCUT2D eigenvalue weighted by atomic mass is 16.1. The summed E-state index contributed by atoms with van der Waals surface area (Å²) in [7, 11) is 0. The molecule has 40 valence electrons. The van der Waals surface area contributed by atoms with Gasteiger partial charge in [-0.3, -0.25) is 4.79 Å². The van der Waals surface area contributed by atoms with E-state index in [2.05, 4.69) is 9.97 Å². The SMILES string of the molecule is O=Cc1cnc[nH+]c1. The molecule has 0 aliphatic heterocycles. The van der Waals surface area contributed by atoms with E-state index >= 15 is 0 Å². The Labute approximate surface area is 46.4 Å². The highest BCUT2D eigenvalue weighted by Crippen LogP contribution is 1.79. The zero-order chi connectivity index (χ0) is 5.82. The van der Waals surface area contributed by atoms with Gasteiger partial charge in [-0.2, -0.15) is 0 Å². The molecule has 0 fully saturated rings. The molecule has 0 unspecified atom stereocenters. The molecule has 1 aromatic heterocycles. The van der Waals surface area contributed by atoms with Crippen molar-refractivity contribution in [3.05, 3.63) is 24.3 Å². The lowest BCUT2D eigenvalue weighted by molar-refractivity contribution is -0.383. The summed E-state index contributed by atoms with van der Waals surface area (Å²) in [6, 6.07) is 0. The summed E-state index contributed by atoms with van der Waals surface area (Å²) in [5.41, 5.74) is 0.563. The normalized spacial score (nSPS) is 8.50. The second-order valence-corrected chi connectivity index (χ2v) is 1.34. The zero-order valence-corrected chi connectivity index (χ0v) is 4.16. The summed E-state index contributed by atoms with van der Waals surface area (Å²) in [4.78, 5) is 16.3. The van der Waals surface area contributed by atoms with Crippen LogP contribution in [0.15, 0.2) is 18.7 Å². The lowest BCUT2D eigenvalue weighted by Crippen LogP contribution is -2.02. The van der Waals surface area contributed by atoms with Gasteiger partial charge in [-0.15, -0.1) is 0 Å². The number of aromatic amines is 1. The van der Waals surface area contributed by atoms with Crippen molar-refractivity contribution >= 4 is 6.29 Å². The third kappa shape index (κ3) is 0.872. The minimum Gasteiger partial charge on any atom is -0.298 e. The maximum Gasteiger partial charge on any atom is 0.283 e. The third-order valence-electron chi connectivity index (χ3n) is 0.759. The molecule has 0 aliphatic carbocycles. The van der Waals surface area contributed by atoms with Crippen molar-refractivity contribution < 1.29 is 9.78 Å². The van der Waals surface area contributed by atoms with Crippen molar-refractivity contribution in [2.45, 2.75) is 0 Å². The Bertz CT molecular complexity index is 173. The molecule has 0 amide bonds. The van der Waals surface area contributed by atoms with Gasteiger partial charge in [-0.25, -0.2) is 4.98 Å². The van der Waals surface area contributed by atoms with Gasteiger partial charge >= 0.3 is 0 Å². The van der Waals surface area contributed by atoms with Crippen LogP contribution in [0.5, 0.6) is 0 Å². The number of nitrogens with one attached hydrogen (secondary N) is 1. The Morgan fingerprint density at radius 2 is 2.62 bits per heavy atom. The Balaban J connectivity index is 2.99. The summed E-state index contributed by atoms with van der Waals surface area (Å²) < 4.78 is 0. The molecule has 0 saturated heterocycles. The smallest absolute Gasteiger partial charge is 0.283 e. The second kappa shape index (κ2) is 2.16. The van der Waals surface area contributed by atoms with Gasteiger partial charge in [0, 0.05) is 0 Å². The van der Waals surface area contributed by atoms with Crippen molar-refractivity contribution in [3.8, 4) is 0 Å². The van der Waals surface area contributed by atoms with E-state index in [-0.39, 0.29) is 0 Å². The number of hydrogen-bond donors (Lipinski definition) is 0. The molecule has 0 aromatic carbocycles. The van der Waals surface area contributed by atoms with Crippen LogP contribution in [-0.4, -0.2) is 11.3 Å². The Kier molecular flexibility index (Phi) is 1.32. The minimum absolute atomic E-state index is 0.563. The van der Waals surface area contributed by atoms with E-state index in [4.69, 9.17) is 0 Å². The molecule has 1 heterocycles. The average Bonchev–Trinajstić information content (AvgIpc) is 1.90. The maximum atomic E-state index is 9.95. The van der Waals surface area contributed by atoms with Crippen LogP contribution in [0.4, 0.5) is 0 Å². The van der Waals surface area contributed by atoms with E-state index < -0.39 is 0 Å². The van der Waals surface area contributed by atoms with E-state index in [0.29, 0.717) is 5.56 Å². The molecule has 1 aromatic rings. The summed E-state index contributed by atoms with van der Waals surface area (Å²) >= 11 is 0. The number of nitrogens with zero attached hydrogens (tertiary/aromatic N) is 1. The first-order valence-electron chi connectivity index (χ1n) is 2.20. The van der Waals surface area contributed by atoms with Gasteiger partial charge in [-0.05, 0) is 0 Å². The number of rotatable bonds is 1. The number of carbonyl (C=O) groups excluding carboxylic acids is 1. The molecule has 0 saturated carbocycles. The number of aromatic nitrogens is 2. The Hall–Kier alpha value is -1.25. The lowest BCUT2D eigenvalue weighted by atomic mass is 10.4. The van der Waals surface area contributed by atoms with E-state index in [0.717, 1.165) is 6.29 Å². The molecule has 1 rings (SSSR count). The monoisotopic (exact) mass is 109 g/mol. The molecule has 1 N–H and O–H groups in total. The molecule has 0 radical (unpaired) electrons. The molecule has 0 bridgehead atoms. The van der Waals surface area contributed by atoms with Crippen molar-refractivity contribution in [1.82, 2.24) is 4.98 Å². The standard InChI is InChI=1S/C5H4N2O/c8-3-5-1-6-4-7-2-5/h1-4H/p+1. The fraction of sp³-hybridized carbons (Fsp3) is 0. The number of carbonyl (C=O) groups is 1. The summed E-state index contributed by atoms with van der Waals surface area (Å²) in [6.45, 7) is 0. The van der Waals surface area contributed by atoms with Gasteiger partial charge in [0.15, 0.2) is 12.5 Å². The zero-order valence-electron chi connectivity index (χ0n) is 4.16. The van der Waals surface area contributed by atoms with Crippen molar-refractivity contribution in [1.29, 1.82) is 0 Å². The minimum atomic E-state index is 0.563. The summed E-state index contributed by atoms with van der Waals surface area (Å²) in [5.74, 6) is 0. The second-order valence-electron chi connectivity index (χ2n) is 1.34. The van der Waals surface area contributed by atoms with E-state index in [9.17, 15) is 4.79 Å². The molecular weight excluding hydrogens is 104 g/mol. The molecule has 3 heteroatoms. The first-order valence-corrected chi connectivity index (χ1v) is 2.20. The highest BCUT2D eigenvalue weighted by molar-refractivity contribution is 5.72. The van der Waals surface area contributed by atoms with Crippen LogP contribution in [0.25, 0.3) is 0 Å². The van der Waals surface area contributed by atoms with Gasteiger partial charge in [-0.1, -0.05) is 4.98 Å². The van der Waals surface area contributed by atoms with Crippen molar-refractivity contribution in [2.75, 3.05) is 0 Å². The largest absolute Gasteiger partial charge is 0.298 e. The first-order chi connectivity index (χ1) is 3.93. The topological polar surface area (TPSA) is 44.1 Å². The van der Waals surface area contributed by atoms with Gasteiger partial charge in [0.1, 0.15) is 6.20 Å². The highest BCUT2D eigenvalue weighted by Gasteiger charge is 1.89. The molecule has 0 atom stereocenters. The third-order valence-corrected chi connectivity index (χ3v) is 0.759. The predicted molar refractivity (Wildman–Crippen MR) is 26.2 cm³/mol. The number of aldehydes is 1. The van der Waals surface area contributed by atoms with Crippen LogP contribution >= 0.6 is 0 Å². The van der Waals surface area contributed by atoms with Crippen LogP contribution in [0.1, 0.15) is 10.4 Å². The summed E-state index contributed by atoms with van der Waals surface area (Å²) in [6.07, 6.45) is 5.32. The lowest BCUT2D eigenvalue weighted by Gasteiger charge is -1.73. The van der Waals surface area contributed by atoms with Crippen LogP contribution in [0.3, 0.4) is 0 Å². The quantitative estimate of drug-likeness (QED) is 0.465. The van der Waals surface area contributed by atoms with E-state index in [1.165, 1.54) is 12.5 Å². The number of hydrogen-bond acceptors (Lipinski definition) is 2. The Morgan fingerprint density at radius 1 is 1.75 bits per heavy atom. The van der Waals surface area contributed by atoms with E-state index in [1.807, 2.05) is 0 Å². The van der Waals surface area contributed by atoms with Crippen molar-refractivity contribution in [3.63, 3.8) is 0 Å². The molecule has 0 spiro atoms. The molecule has 3 nitrogen and oxygen atoms in total. The average molecular weight is 109 g/mol. The first kappa shape index (κ1) is 4.90. The van der Waals surface area contributed by atoms with Crippen LogP contribution in [0, 0.1) is 0 Å². The predicted octanol–water partition coefficient (Wildman–Crippen LogP) is -0.292. The van der Waals surface area contributed by atoms with Gasteiger partial charge in [0.05, 0.1) is 5.56 Å².